The summed E-state index contributed by atoms with van der Waals surface area (Å²) < 4.78 is 101. The third kappa shape index (κ3) is 6.93. The van der Waals surface area contributed by atoms with Crippen LogP contribution in [0.25, 0.3) is 11.1 Å². The predicted octanol–water partition coefficient (Wildman–Crippen LogP) is 6.24. The molecule has 0 amide bonds. The average molecular weight is 569 g/mol. The quantitative estimate of drug-likeness (QED) is 0.171. The molecule has 8 N–H and O–H groups in total. The number of sulfone groups is 1. The second-order valence-electron chi connectivity index (χ2n) is 8.24. The highest BCUT2D eigenvalue weighted by Crippen LogP contribution is 2.39. The van der Waals surface area contributed by atoms with Gasteiger partial charge in [0.05, 0.1) is 20.9 Å². The Hall–Kier alpha value is -4.39. The molecule has 6 nitrogen and oxygen atoms in total. The van der Waals surface area contributed by atoms with Crippen molar-refractivity contribution in [3.63, 3.8) is 0 Å². The SMILES string of the molecule is Nc1ccc(-c2ccc(N)c(C(F)(F)F)c2)cc1C(F)(F)F.Nc1ccc(S(=O)(=O)c2ccc(N)cc2)cc1. The van der Waals surface area contributed by atoms with E-state index >= 15 is 0 Å². The van der Waals surface area contributed by atoms with E-state index in [2.05, 4.69) is 0 Å². The molecule has 0 aliphatic rings. The molecule has 0 aromatic heterocycles. The highest BCUT2D eigenvalue weighted by Gasteiger charge is 2.35. The summed E-state index contributed by atoms with van der Waals surface area (Å²) >= 11 is 0. The Morgan fingerprint density at radius 1 is 0.487 bits per heavy atom. The van der Waals surface area contributed by atoms with Gasteiger partial charge >= 0.3 is 12.4 Å². The topological polar surface area (TPSA) is 138 Å². The van der Waals surface area contributed by atoms with E-state index in [0.717, 1.165) is 12.1 Å². The van der Waals surface area contributed by atoms with Crippen molar-refractivity contribution in [1.29, 1.82) is 0 Å². The molecule has 39 heavy (non-hydrogen) atoms. The van der Waals surface area contributed by atoms with Crippen molar-refractivity contribution in [2.45, 2.75) is 22.1 Å². The molecule has 0 atom stereocenters. The molecule has 0 spiro atoms. The van der Waals surface area contributed by atoms with Crippen LogP contribution in [0.3, 0.4) is 0 Å². The first-order chi connectivity index (χ1) is 18.0. The Morgan fingerprint density at radius 3 is 1.08 bits per heavy atom. The van der Waals surface area contributed by atoms with Gasteiger partial charge in [-0.15, -0.1) is 0 Å². The number of alkyl halides is 6. The highest BCUT2D eigenvalue weighted by molar-refractivity contribution is 7.91. The van der Waals surface area contributed by atoms with E-state index in [0.29, 0.717) is 23.5 Å². The van der Waals surface area contributed by atoms with Crippen LogP contribution in [-0.2, 0) is 22.2 Å². The largest absolute Gasteiger partial charge is 0.418 e. The van der Waals surface area contributed by atoms with Crippen molar-refractivity contribution in [1.82, 2.24) is 0 Å². The summed E-state index contributed by atoms with van der Waals surface area (Å²) in [5.74, 6) is 0. The van der Waals surface area contributed by atoms with Gasteiger partial charge in [0.2, 0.25) is 9.84 Å². The molecule has 0 unspecified atom stereocenters. The van der Waals surface area contributed by atoms with Crippen LogP contribution in [0.4, 0.5) is 49.1 Å². The van der Waals surface area contributed by atoms with Crippen LogP contribution in [0.15, 0.2) is 94.7 Å². The van der Waals surface area contributed by atoms with Crippen LogP contribution >= 0.6 is 0 Å². The van der Waals surface area contributed by atoms with Gasteiger partial charge < -0.3 is 22.9 Å². The summed E-state index contributed by atoms with van der Waals surface area (Å²) in [6.07, 6.45) is -9.39. The number of anilines is 4. The van der Waals surface area contributed by atoms with E-state index < -0.39 is 44.7 Å². The van der Waals surface area contributed by atoms with Crippen LogP contribution < -0.4 is 22.9 Å². The Bertz CT molecular complexity index is 1460. The number of nitrogens with two attached hydrogens (primary N) is 4. The fraction of sp³-hybridized carbons (Fsp3) is 0.0769. The summed E-state index contributed by atoms with van der Waals surface area (Å²) in [4.78, 5) is 0.438. The van der Waals surface area contributed by atoms with Gasteiger partial charge in [-0.1, -0.05) is 12.1 Å². The minimum absolute atomic E-state index is 0.0352. The molecule has 0 saturated carbocycles. The molecule has 0 aliphatic carbocycles. The summed E-state index contributed by atoms with van der Waals surface area (Å²) in [5.41, 5.74) is 19.3. The molecule has 0 radical (unpaired) electrons. The zero-order valence-corrected chi connectivity index (χ0v) is 20.7. The number of hydrogen-bond acceptors (Lipinski definition) is 6. The third-order valence-electron chi connectivity index (χ3n) is 5.43. The molecular formula is C26H22F6N4O2S. The third-order valence-corrected chi connectivity index (χ3v) is 7.22. The first-order valence-corrected chi connectivity index (χ1v) is 12.4. The van der Waals surface area contributed by atoms with Crippen molar-refractivity contribution in [2.75, 3.05) is 22.9 Å². The van der Waals surface area contributed by atoms with Gasteiger partial charge in [0.25, 0.3) is 0 Å². The minimum Gasteiger partial charge on any atom is -0.399 e. The first-order valence-electron chi connectivity index (χ1n) is 10.9. The molecule has 206 valence electrons. The molecule has 0 bridgehead atoms. The summed E-state index contributed by atoms with van der Waals surface area (Å²) in [6.45, 7) is 0. The van der Waals surface area contributed by atoms with E-state index in [4.69, 9.17) is 22.9 Å². The maximum Gasteiger partial charge on any atom is 0.418 e. The molecule has 0 fully saturated rings. The Morgan fingerprint density at radius 2 is 0.795 bits per heavy atom. The molecule has 4 aromatic rings. The average Bonchev–Trinajstić information content (AvgIpc) is 2.84. The van der Waals surface area contributed by atoms with Gasteiger partial charge in [0.15, 0.2) is 0 Å². The van der Waals surface area contributed by atoms with Gasteiger partial charge in [-0.25, -0.2) is 8.42 Å². The van der Waals surface area contributed by atoms with Gasteiger partial charge in [0.1, 0.15) is 0 Å². The van der Waals surface area contributed by atoms with Crippen molar-refractivity contribution < 1.29 is 34.8 Å². The lowest BCUT2D eigenvalue weighted by molar-refractivity contribution is -0.137. The fourth-order valence-electron chi connectivity index (χ4n) is 3.39. The molecule has 0 heterocycles. The molecule has 0 aliphatic heterocycles. The minimum atomic E-state index is -4.69. The molecule has 0 saturated heterocycles. The van der Waals surface area contributed by atoms with Gasteiger partial charge in [-0.2, -0.15) is 26.3 Å². The number of hydrogen-bond donors (Lipinski definition) is 4. The second kappa shape index (κ2) is 10.8. The van der Waals surface area contributed by atoms with Gasteiger partial charge in [-0.3, -0.25) is 0 Å². The number of rotatable bonds is 3. The van der Waals surface area contributed by atoms with Crippen molar-refractivity contribution >= 4 is 32.6 Å². The normalized spacial score (nSPS) is 11.9. The Labute approximate surface area is 219 Å². The molecule has 4 rings (SSSR count). The highest BCUT2D eigenvalue weighted by atomic mass is 32.2. The molecule has 13 heteroatoms. The van der Waals surface area contributed by atoms with Crippen molar-refractivity contribution in [2.24, 2.45) is 0 Å². The maximum atomic E-state index is 12.8. The summed E-state index contributed by atoms with van der Waals surface area (Å²) in [6, 6.07) is 18.0. The number of halogens is 6. The van der Waals surface area contributed by atoms with Crippen molar-refractivity contribution in [3.8, 4) is 11.1 Å². The lowest BCUT2D eigenvalue weighted by atomic mass is 9.99. The maximum absolute atomic E-state index is 12.8. The Kier molecular flexibility index (Phi) is 8.05. The first kappa shape index (κ1) is 29.2. The Balaban J connectivity index is 0.000000223. The van der Waals surface area contributed by atoms with Crippen LogP contribution in [0.2, 0.25) is 0 Å². The number of nitrogen functional groups attached to an aromatic ring is 4. The monoisotopic (exact) mass is 568 g/mol. The smallest absolute Gasteiger partial charge is 0.399 e. The zero-order chi connectivity index (χ0) is 29.2. The van der Waals surface area contributed by atoms with E-state index in [-0.39, 0.29) is 20.9 Å². The van der Waals surface area contributed by atoms with Crippen molar-refractivity contribution in [3.05, 3.63) is 96.1 Å². The van der Waals surface area contributed by atoms with E-state index in [1.807, 2.05) is 0 Å². The molecular weight excluding hydrogens is 546 g/mol. The van der Waals surface area contributed by atoms with Crippen LogP contribution in [-0.4, -0.2) is 8.42 Å². The van der Waals surface area contributed by atoms with Gasteiger partial charge in [0, 0.05) is 22.7 Å². The fourth-order valence-corrected chi connectivity index (χ4v) is 4.65. The summed E-state index contributed by atoms with van der Waals surface area (Å²) in [5, 5.41) is 0. The van der Waals surface area contributed by atoms with Crippen LogP contribution in [0.1, 0.15) is 11.1 Å². The van der Waals surface area contributed by atoms with E-state index in [1.165, 1.54) is 36.4 Å². The standard InChI is InChI=1S/C14H10F6N2.C12H12N2O2S/c15-13(16,17)9-5-7(1-3-11(9)21)8-2-4-12(22)10(6-8)14(18,19)20;13-9-1-5-11(6-2-9)17(15,16)12-7-3-10(14)4-8-12/h1-6H,21-22H2;1-8H,13-14H2. The van der Waals surface area contributed by atoms with Crippen LogP contribution in [0, 0.1) is 0 Å². The zero-order valence-electron chi connectivity index (χ0n) is 19.9. The second-order valence-corrected chi connectivity index (χ2v) is 10.2. The van der Waals surface area contributed by atoms with Gasteiger partial charge in [-0.05, 0) is 83.9 Å². The lowest BCUT2D eigenvalue weighted by Gasteiger charge is -2.14. The van der Waals surface area contributed by atoms with E-state index in [9.17, 15) is 34.8 Å². The van der Waals surface area contributed by atoms with E-state index in [1.54, 1.807) is 24.3 Å². The molecule has 4 aromatic carbocycles. The predicted molar refractivity (Wildman–Crippen MR) is 138 cm³/mol. The summed E-state index contributed by atoms with van der Waals surface area (Å²) in [7, 11) is -3.48. The van der Waals surface area contributed by atoms with Crippen LogP contribution in [0.5, 0.6) is 0 Å². The number of benzene rings is 4. The lowest BCUT2D eigenvalue weighted by Crippen LogP contribution is -2.10.